The predicted octanol–water partition coefficient (Wildman–Crippen LogP) is 1.32. The Morgan fingerprint density at radius 3 is 2.33 bits per heavy atom. The van der Waals surface area contributed by atoms with Crippen LogP contribution in [-0.2, 0) is 0 Å². The standard InChI is InChI=1S/C17H36N4/c1-17(2)7-5-6-15(16(17)18)14-21-12-10-20(11-13-21)9-8-19(3)4/h15-16H,5-14,18H2,1-4H3. The summed E-state index contributed by atoms with van der Waals surface area (Å²) >= 11 is 0. The highest BCUT2D eigenvalue weighted by molar-refractivity contribution is 4.92. The number of likely N-dealkylation sites (N-methyl/N-ethyl adjacent to an activating group) is 1. The molecule has 2 fully saturated rings. The van der Waals surface area contributed by atoms with Crippen molar-refractivity contribution in [3.63, 3.8) is 0 Å². The lowest BCUT2D eigenvalue weighted by atomic mass is 9.68. The Labute approximate surface area is 131 Å². The zero-order valence-electron chi connectivity index (χ0n) is 14.6. The topological polar surface area (TPSA) is 35.7 Å². The first kappa shape index (κ1) is 17.2. The highest BCUT2D eigenvalue weighted by atomic mass is 15.3. The van der Waals surface area contributed by atoms with E-state index in [-0.39, 0.29) is 0 Å². The zero-order valence-corrected chi connectivity index (χ0v) is 14.6. The Balaban J connectivity index is 1.73. The second kappa shape index (κ2) is 7.40. The van der Waals surface area contributed by atoms with Crippen LogP contribution in [0.5, 0.6) is 0 Å². The number of nitrogens with two attached hydrogens (primary N) is 1. The van der Waals surface area contributed by atoms with Crippen molar-refractivity contribution in [2.45, 2.75) is 39.2 Å². The molecule has 21 heavy (non-hydrogen) atoms. The Morgan fingerprint density at radius 1 is 1.10 bits per heavy atom. The third-order valence-corrected chi connectivity index (χ3v) is 5.63. The van der Waals surface area contributed by atoms with Gasteiger partial charge in [0.15, 0.2) is 0 Å². The van der Waals surface area contributed by atoms with Crippen molar-refractivity contribution in [3.8, 4) is 0 Å². The summed E-state index contributed by atoms with van der Waals surface area (Å²) < 4.78 is 0. The van der Waals surface area contributed by atoms with Gasteiger partial charge in [-0.2, -0.15) is 0 Å². The lowest BCUT2D eigenvalue weighted by Gasteiger charge is -2.45. The van der Waals surface area contributed by atoms with Crippen LogP contribution >= 0.6 is 0 Å². The minimum absolute atomic E-state index is 0.330. The van der Waals surface area contributed by atoms with E-state index in [0.29, 0.717) is 17.4 Å². The Hall–Kier alpha value is -0.160. The van der Waals surface area contributed by atoms with Gasteiger partial charge in [-0.05, 0) is 38.3 Å². The van der Waals surface area contributed by atoms with Crippen LogP contribution in [0.15, 0.2) is 0 Å². The van der Waals surface area contributed by atoms with Gasteiger partial charge >= 0.3 is 0 Å². The third-order valence-electron chi connectivity index (χ3n) is 5.63. The molecule has 0 aromatic heterocycles. The van der Waals surface area contributed by atoms with Crippen LogP contribution in [0.2, 0.25) is 0 Å². The minimum Gasteiger partial charge on any atom is -0.327 e. The van der Waals surface area contributed by atoms with Gasteiger partial charge in [0.2, 0.25) is 0 Å². The molecule has 4 nitrogen and oxygen atoms in total. The maximum Gasteiger partial charge on any atom is 0.0131 e. The van der Waals surface area contributed by atoms with Crippen LogP contribution in [0, 0.1) is 11.3 Å². The van der Waals surface area contributed by atoms with E-state index in [4.69, 9.17) is 5.73 Å². The van der Waals surface area contributed by atoms with E-state index in [1.54, 1.807) is 0 Å². The van der Waals surface area contributed by atoms with Gasteiger partial charge in [-0.15, -0.1) is 0 Å². The van der Waals surface area contributed by atoms with Crippen LogP contribution in [0.3, 0.4) is 0 Å². The minimum atomic E-state index is 0.330. The Bertz CT molecular complexity index is 308. The van der Waals surface area contributed by atoms with E-state index in [0.717, 1.165) is 0 Å². The van der Waals surface area contributed by atoms with Crippen LogP contribution in [0.4, 0.5) is 0 Å². The highest BCUT2D eigenvalue weighted by Gasteiger charge is 2.37. The fourth-order valence-electron chi connectivity index (χ4n) is 3.88. The molecular formula is C17H36N4. The van der Waals surface area contributed by atoms with Gasteiger partial charge < -0.3 is 15.5 Å². The van der Waals surface area contributed by atoms with E-state index in [2.05, 4.69) is 42.6 Å². The predicted molar refractivity (Wildman–Crippen MR) is 90.5 cm³/mol. The van der Waals surface area contributed by atoms with Crippen LogP contribution in [0.1, 0.15) is 33.1 Å². The van der Waals surface area contributed by atoms with Gasteiger partial charge in [0.25, 0.3) is 0 Å². The molecule has 0 bridgehead atoms. The van der Waals surface area contributed by atoms with Crippen molar-refractivity contribution in [3.05, 3.63) is 0 Å². The first-order chi connectivity index (χ1) is 9.88. The average molecular weight is 297 g/mol. The van der Waals surface area contributed by atoms with Crippen LogP contribution in [-0.4, -0.2) is 80.7 Å². The number of hydrogen-bond acceptors (Lipinski definition) is 4. The Morgan fingerprint density at radius 2 is 1.71 bits per heavy atom. The molecule has 2 unspecified atom stereocenters. The fraction of sp³-hybridized carbons (Fsp3) is 1.00. The zero-order chi connectivity index (χ0) is 15.5. The molecule has 124 valence electrons. The summed E-state index contributed by atoms with van der Waals surface area (Å²) in [5.41, 5.74) is 6.87. The molecule has 1 saturated heterocycles. The first-order valence-electron chi connectivity index (χ1n) is 8.73. The lowest BCUT2D eigenvalue weighted by molar-refractivity contribution is 0.0704. The van der Waals surface area contributed by atoms with Crippen molar-refractivity contribution in [1.29, 1.82) is 0 Å². The van der Waals surface area contributed by atoms with E-state index in [1.807, 2.05) is 0 Å². The van der Waals surface area contributed by atoms with Crippen molar-refractivity contribution in [2.75, 3.05) is 59.9 Å². The maximum absolute atomic E-state index is 6.54. The summed E-state index contributed by atoms with van der Waals surface area (Å²) in [7, 11) is 4.31. The fourth-order valence-corrected chi connectivity index (χ4v) is 3.88. The maximum atomic E-state index is 6.54. The molecule has 0 amide bonds. The highest BCUT2D eigenvalue weighted by Crippen LogP contribution is 2.38. The third kappa shape index (κ3) is 4.92. The molecule has 2 aliphatic rings. The van der Waals surface area contributed by atoms with Crippen LogP contribution < -0.4 is 5.73 Å². The van der Waals surface area contributed by atoms with Crippen molar-refractivity contribution < 1.29 is 0 Å². The molecule has 0 aromatic rings. The van der Waals surface area contributed by atoms with Gasteiger partial charge in [-0.3, -0.25) is 4.90 Å². The molecule has 4 heteroatoms. The van der Waals surface area contributed by atoms with E-state index in [9.17, 15) is 0 Å². The molecule has 2 N–H and O–H groups in total. The molecule has 2 rings (SSSR count). The quantitative estimate of drug-likeness (QED) is 0.830. The van der Waals surface area contributed by atoms with Crippen LogP contribution in [0.25, 0.3) is 0 Å². The summed E-state index contributed by atoms with van der Waals surface area (Å²) in [6.07, 6.45) is 3.97. The summed E-state index contributed by atoms with van der Waals surface area (Å²) in [5, 5.41) is 0. The van der Waals surface area contributed by atoms with Gasteiger partial charge in [-0.1, -0.05) is 20.3 Å². The molecule has 0 aromatic carbocycles. The molecule has 1 saturated carbocycles. The second-order valence-electron chi connectivity index (χ2n) is 8.11. The lowest BCUT2D eigenvalue weighted by Crippen LogP contribution is -2.54. The normalized spacial score (nSPS) is 31.7. The van der Waals surface area contributed by atoms with E-state index >= 15 is 0 Å². The van der Waals surface area contributed by atoms with Gasteiger partial charge in [-0.25, -0.2) is 0 Å². The van der Waals surface area contributed by atoms with Crippen molar-refractivity contribution in [1.82, 2.24) is 14.7 Å². The number of rotatable bonds is 5. The molecule has 1 aliphatic heterocycles. The largest absolute Gasteiger partial charge is 0.327 e. The molecule has 1 aliphatic carbocycles. The first-order valence-corrected chi connectivity index (χ1v) is 8.73. The number of piperazine rings is 1. The molecule has 0 spiro atoms. The second-order valence-corrected chi connectivity index (χ2v) is 8.11. The van der Waals surface area contributed by atoms with E-state index in [1.165, 1.54) is 65.1 Å². The number of hydrogen-bond donors (Lipinski definition) is 1. The molecule has 1 heterocycles. The summed E-state index contributed by atoms with van der Waals surface area (Å²) in [6.45, 7) is 13.2. The summed E-state index contributed by atoms with van der Waals surface area (Å²) in [5.74, 6) is 0.696. The molecule has 2 atom stereocenters. The average Bonchev–Trinajstić information content (AvgIpc) is 2.43. The van der Waals surface area contributed by atoms with Crippen molar-refractivity contribution in [2.24, 2.45) is 17.1 Å². The summed E-state index contributed by atoms with van der Waals surface area (Å²) in [4.78, 5) is 7.52. The molecular weight excluding hydrogens is 260 g/mol. The number of nitrogens with zero attached hydrogens (tertiary/aromatic N) is 3. The van der Waals surface area contributed by atoms with E-state index < -0.39 is 0 Å². The van der Waals surface area contributed by atoms with Crippen molar-refractivity contribution >= 4 is 0 Å². The summed E-state index contributed by atoms with van der Waals surface area (Å²) in [6, 6.07) is 0.373. The van der Waals surface area contributed by atoms with Gasteiger partial charge in [0, 0.05) is 51.9 Å². The van der Waals surface area contributed by atoms with Gasteiger partial charge in [0.1, 0.15) is 0 Å². The van der Waals surface area contributed by atoms with Gasteiger partial charge in [0.05, 0.1) is 0 Å². The monoisotopic (exact) mass is 296 g/mol. The molecule has 0 radical (unpaired) electrons. The smallest absolute Gasteiger partial charge is 0.0131 e. The Kier molecular flexibility index (Phi) is 6.06. The SMILES string of the molecule is CN(C)CCN1CCN(CC2CCCC(C)(C)C2N)CC1.